The summed E-state index contributed by atoms with van der Waals surface area (Å²) in [7, 11) is 0. The Balaban J connectivity index is 1.70. The van der Waals surface area contributed by atoms with Crippen molar-refractivity contribution < 1.29 is 4.79 Å². The van der Waals surface area contributed by atoms with Crippen LogP contribution in [0.2, 0.25) is 5.15 Å². The highest BCUT2D eigenvalue weighted by Gasteiger charge is 2.24. The molecule has 4 nitrogen and oxygen atoms in total. The van der Waals surface area contributed by atoms with Crippen LogP contribution in [0.1, 0.15) is 5.56 Å². The van der Waals surface area contributed by atoms with E-state index in [0.717, 1.165) is 12.1 Å². The number of carbonyl (C=O) groups excluding carboxylic acids is 1. The molecular weight excluding hydrogens is 354 g/mol. The highest BCUT2D eigenvalue weighted by molar-refractivity contribution is 9.10. The van der Waals surface area contributed by atoms with E-state index in [2.05, 4.69) is 31.5 Å². The average molecular weight is 367 g/mol. The zero-order valence-electron chi connectivity index (χ0n) is 11.1. The second-order valence-corrected chi connectivity index (χ2v) is 6.14. The molecule has 2 aromatic rings. The van der Waals surface area contributed by atoms with Crippen molar-refractivity contribution in [2.24, 2.45) is 5.92 Å². The highest BCUT2D eigenvalue weighted by Crippen LogP contribution is 2.26. The molecule has 0 bridgehead atoms. The topological polar surface area (TPSA) is 54.0 Å². The zero-order valence-corrected chi connectivity index (χ0v) is 13.4. The first-order valence-electron chi connectivity index (χ1n) is 6.57. The van der Waals surface area contributed by atoms with E-state index in [1.54, 1.807) is 12.3 Å². The van der Waals surface area contributed by atoms with Crippen molar-refractivity contribution in [3.8, 4) is 0 Å². The van der Waals surface area contributed by atoms with Gasteiger partial charge in [0.15, 0.2) is 0 Å². The summed E-state index contributed by atoms with van der Waals surface area (Å²) in [6.07, 6.45) is 2.28. The van der Waals surface area contributed by atoms with Crippen LogP contribution in [0.4, 0.5) is 11.4 Å². The van der Waals surface area contributed by atoms with Gasteiger partial charge in [0, 0.05) is 12.2 Å². The van der Waals surface area contributed by atoms with Gasteiger partial charge in [-0.05, 0) is 40.0 Å². The normalized spacial score (nSPS) is 16.8. The van der Waals surface area contributed by atoms with E-state index in [-0.39, 0.29) is 11.8 Å². The van der Waals surface area contributed by atoms with Crippen molar-refractivity contribution in [2.75, 3.05) is 17.2 Å². The number of carbonyl (C=O) groups is 1. The van der Waals surface area contributed by atoms with Gasteiger partial charge in [-0.2, -0.15) is 0 Å². The quantitative estimate of drug-likeness (QED) is 0.797. The summed E-state index contributed by atoms with van der Waals surface area (Å²) in [6, 6.07) is 9.80. The first-order valence-corrected chi connectivity index (χ1v) is 7.74. The van der Waals surface area contributed by atoms with Gasteiger partial charge in [-0.3, -0.25) is 4.79 Å². The second-order valence-electron chi connectivity index (χ2n) is 4.92. The largest absolute Gasteiger partial charge is 0.384 e. The Hall–Kier alpha value is -1.59. The molecule has 1 aliphatic rings. The van der Waals surface area contributed by atoms with E-state index in [0.29, 0.717) is 21.9 Å². The number of anilines is 2. The summed E-state index contributed by atoms with van der Waals surface area (Å²) in [5.74, 6) is -0.123. The summed E-state index contributed by atoms with van der Waals surface area (Å²) >= 11 is 9.14. The maximum Gasteiger partial charge on any atom is 0.229 e. The number of halogens is 2. The second kappa shape index (κ2) is 6.03. The van der Waals surface area contributed by atoms with Crippen molar-refractivity contribution in [3.05, 3.63) is 51.7 Å². The van der Waals surface area contributed by atoms with Gasteiger partial charge in [0.1, 0.15) is 5.15 Å². The molecule has 0 saturated carbocycles. The molecule has 0 saturated heterocycles. The van der Waals surface area contributed by atoms with Crippen LogP contribution in [0.5, 0.6) is 0 Å². The molecule has 0 aliphatic carbocycles. The van der Waals surface area contributed by atoms with Gasteiger partial charge in [0.2, 0.25) is 5.91 Å². The van der Waals surface area contributed by atoms with Gasteiger partial charge in [0.25, 0.3) is 0 Å². The molecule has 1 aromatic heterocycles. The van der Waals surface area contributed by atoms with E-state index in [4.69, 9.17) is 11.6 Å². The monoisotopic (exact) mass is 365 g/mol. The number of amides is 1. The molecular formula is C15H13BrClN3O. The minimum atomic E-state index is -0.102. The molecule has 1 aliphatic heterocycles. The Labute approximate surface area is 136 Å². The fourth-order valence-corrected chi connectivity index (χ4v) is 2.81. The molecule has 1 amide bonds. The number of aromatic nitrogens is 1. The van der Waals surface area contributed by atoms with Crippen LogP contribution in [-0.4, -0.2) is 17.4 Å². The fourth-order valence-electron chi connectivity index (χ4n) is 2.36. The summed E-state index contributed by atoms with van der Waals surface area (Å²) in [5, 5.41) is 6.55. The molecule has 0 spiro atoms. The lowest BCUT2D eigenvalue weighted by Crippen LogP contribution is -2.33. The third-order valence-corrected chi connectivity index (χ3v) is 4.59. The lowest BCUT2D eigenvalue weighted by Gasteiger charge is -2.25. The van der Waals surface area contributed by atoms with E-state index in [9.17, 15) is 4.79 Å². The van der Waals surface area contributed by atoms with Crippen LogP contribution in [0.25, 0.3) is 0 Å². The maximum atomic E-state index is 12.3. The first-order chi connectivity index (χ1) is 10.1. The Kier molecular flexibility index (Phi) is 4.12. The minimum Gasteiger partial charge on any atom is -0.384 e. The number of para-hydroxylation sites is 1. The highest BCUT2D eigenvalue weighted by atomic mass is 79.9. The molecule has 2 heterocycles. The molecule has 21 heavy (non-hydrogen) atoms. The molecule has 108 valence electrons. The van der Waals surface area contributed by atoms with Crippen LogP contribution in [0.3, 0.4) is 0 Å². The van der Waals surface area contributed by atoms with Crippen molar-refractivity contribution in [3.63, 3.8) is 0 Å². The van der Waals surface area contributed by atoms with Gasteiger partial charge in [-0.25, -0.2) is 4.98 Å². The molecule has 1 unspecified atom stereocenters. The van der Waals surface area contributed by atoms with Crippen LogP contribution in [-0.2, 0) is 11.2 Å². The van der Waals surface area contributed by atoms with Crippen LogP contribution >= 0.6 is 27.5 Å². The van der Waals surface area contributed by atoms with Crippen LogP contribution in [0, 0.1) is 5.92 Å². The van der Waals surface area contributed by atoms with Crippen molar-refractivity contribution >= 4 is 44.8 Å². The molecule has 3 rings (SSSR count). The SMILES string of the molecule is O=C(Nc1cnc(Cl)c(Br)c1)C1CNc2ccccc2C1. The van der Waals surface area contributed by atoms with E-state index in [1.165, 1.54) is 5.56 Å². The number of nitrogens with one attached hydrogen (secondary N) is 2. The summed E-state index contributed by atoms with van der Waals surface area (Å²) in [5.41, 5.74) is 2.91. The number of rotatable bonds is 2. The number of hydrogen-bond acceptors (Lipinski definition) is 3. The molecule has 0 radical (unpaired) electrons. The maximum absolute atomic E-state index is 12.3. The predicted molar refractivity (Wildman–Crippen MR) is 87.7 cm³/mol. The summed E-state index contributed by atoms with van der Waals surface area (Å²) in [6.45, 7) is 0.630. The Morgan fingerprint density at radius 1 is 1.43 bits per heavy atom. The molecule has 2 N–H and O–H groups in total. The third kappa shape index (κ3) is 3.19. The average Bonchev–Trinajstić information content (AvgIpc) is 2.50. The lowest BCUT2D eigenvalue weighted by molar-refractivity contribution is -0.119. The standard InChI is InChI=1S/C15H13BrClN3O/c16-12-6-11(8-19-14(12)17)20-15(21)10-5-9-3-1-2-4-13(9)18-7-10/h1-4,6,8,10,18H,5,7H2,(H,20,21). The number of hydrogen-bond donors (Lipinski definition) is 2. The summed E-state index contributed by atoms with van der Waals surface area (Å²) in [4.78, 5) is 16.3. The number of fused-ring (bicyclic) bond motifs is 1. The lowest BCUT2D eigenvalue weighted by atomic mass is 9.93. The van der Waals surface area contributed by atoms with Gasteiger partial charge in [0.05, 0.1) is 22.3 Å². The fraction of sp³-hybridized carbons (Fsp3) is 0.200. The number of pyridine rings is 1. The Bertz CT molecular complexity index is 692. The molecule has 1 aromatic carbocycles. The van der Waals surface area contributed by atoms with E-state index in [1.807, 2.05) is 24.3 Å². The van der Waals surface area contributed by atoms with Crippen molar-refractivity contribution in [2.45, 2.75) is 6.42 Å². The Morgan fingerprint density at radius 2 is 2.24 bits per heavy atom. The molecule has 6 heteroatoms. The minimum absolute atomic E-state index is 0.0203. The molecule has 1 atom stereocenters. The van der Waals surface area contributed by atoms with Gasteiger partial charge < -0.3 is 10.6 Å². The molecule has 0 fully saturated rings. The van der Waals surface area contributed by atoms with E-state index >= 15 is 0 Å². The van der Waals surface area contributed by atoms with Crippen molar-refractivity contribution in [1.29, 1.82) is 0 Å². The third-order valence-electron chi connectivity index (χ3n) is 3.46. The smallest absolute Gasteiger partial charge is 0.229 e. The summed E-state index contributed by atoms with van der Waals surface area (Å²) < 4.78 is 0.661. The van der Waals surface area contributed by atoms with Gasteiger partial charge >= 0.3 is 0 Å². The number of nitrogens with zero attached hydrogens (tertiary/aromatic N) is 1. The zero-order chi connectivity index (χ0) is 14.8. The van der Waals surface area contributed by atoms with Gasteiger partial charge in [-0.1, -0.05) is 29.8 Å². The van der Waals surface area contributed by atoms with E-state index < -0.39 is 0 Å². The first kappa shape index (κ1) is 14.4. The Morgan fingerprint density at radius 3 is 3.05 bits per heavy atom. The van der Waals surface area contributed by atoms with Crippen molar-refractivity contribution in [1.82, 2.24) is 4.98 Å². The van der Waals surface area contributed by atoms with Crippen LogP contribution in [0.15, 0.2) is 41.0 Å². The predicted octanol–water partition coefficient (Wildman–Crippen LogP) is 3.72. The number of benzene rings is 1. The van der Waals surface area contributed by atoms with Crippen LogP contribution < -0.4 is 10.6 Å². The van der Waals surface area contributed by atoms with Gasteiger partial charge in [-0.15, -0.1) is 0 Å².